The van der Waals surface area contributed by atoms with Crippen molar-refractivity contribution in [3.63, 3.8) is 0 Å². The third kappa shape index (κ3) is 7.34. The van der Waals surface area contributed by atoms with Crippen LogP contribution in [0.2, 0.25) is 15.2 Å². The topological polar surface area (TPSA) is 197 Å². The number of aromatic nitrogens is 8. The van der Waals surface area contributed by atoms with E-state index < -0.39 is 53.6 Å². The summed E-state index contributed by atoms with van der Waals surface area (Å²) in [6.45, 7) is 1.72. The van der Waals surface area contributed by atoms with Crippen molar-refractivity contribution in [3.8, 4) is 12.0 Å². The molecule has 0 unspecified atom stereocenters. The van der Waals surface area contributed by atoms with E-state index >= 15 is 0 Å². The first kappa shape index (κ1) is 35.6. The molecule has 49 heavy (non-hydrogen) atoms. The van der Waals surface area contributed by atoms with Gasteiger partial charge in [0.05, 0.1) is 30.0 Å². The number of anilines is 2. The highest BCUT2D eigenvalue weighted by molar-refractivity contribution is 7.92. The zero-order valence-electron chi connectivity index (χ0n) is 24.7. The molecule has 0 amide bonds. The number of aryl methyl sites for hydroxylation is 1. The zero-order valence-corrected chi connectivity index (χ0v) is 28.6. The molecule has 2 aromatic carbocycles. The number of methoxy groups -OCH3 is 2. The standard InChI is InChI=1S/C13H10Cl3N5O3S.C12H8F3N5O3S/c1-6-3-4-7(14)11(10(6)16)20-25(22,23)12-18-9-5-8(15)17-13(24-2)21(9)19-12;1-23-12-16-8(15)5-9-17-11(18-20(9)12)24(21,22)19-10-6(13)3-2-4-7(10)14/h3-5,20H,1-2H3;2-5,19H,1H3. The summed E-state index contributed by atoms with van der Waals surface area (Å²) in [6, 6.07) is 7.83. The molecule has 0 aliphatic carbocycles. The van der Waals surface area contributed by atoms with Gasteiger partial charge in [0, 0.05) is 12.1 Å². The number of nitrogens with one attached hydrogen (secondary N) is 2. The van der Waals surface area contributed by atoms with Crippen LogP contribution in [-0.4, -0.2) is 70.2 Å². The van der Waals surface area contributed by atoms with Crippen molar-refractivity contribution in [1.82, 2.24) is 39.2 Å². The number of ether oxygens (including phenoxy) is 2. The first-order chi connectivity index (χ1) is 23.0. The van der Waals surface area contributed by atoms with Gasteiger partial charge in [-0.2, -0.15) is 50.2 Å². The fraction of sp³-hybridized carbons (Fsp3) is 0.120. The van der Waals surface area contributed by atoms with Crippen LogP contribution in [0, 0.1) is 24.5 Å². The van der Waals surface area contributed by atoms with Crippen molar-refractivity contribution >= 4 is 77.5 Å². The van der Waals surface area contributed by atoms with Crippen molar-refractivity contribution in [1.29, 1.82) is 0 Å². The van der Waals surface area contributed by atoms with Crippen LogP contribution in [0.4, 0.5) is 24.5 Å². The average Bonchev–Trinajstić information content (AvgIpc) is 3.68. The summed E-state index contributed by atoms with van der Waals surface area (Å²) in [5.74, 6) is -3.20. The largest absolute Gasteiger partial charge is 0.467 e. The third-order valence-corrected chi connectivity index (χ3v) is 9.30. The number of benzene rings is 2. The molecule has 258 valence electrons. The predicted molar refractivity (Wildman–Crippen MR) is 169 cm³/mol. The lowest BCUT2D eigenvalue weighted by molar-refractivity contribution is 0.356. The minimum Gasteiger partial charge on any atom is -0.467 e. The van der Waals surface area contributed by atoms with Gasteiger partial charge in [0.2, 0.25) is 5.95 Å². The van der Waals surface area contributed by atoms with Crippen LogP contribution in [-0.2, 0) is 20.0 Å². The van der Waals surface area contributed by atoms with Crippen molar-refractivity contribution in [2.75, 3.05) is 23.7 Å². The molecule has 4 heterocycles. The summed E-state index contributed by atoms with van der Waals surface area (Å²) in [4.78, 5) is 14.8. The Hall–Kier alpha value is -4.70. The van der Waals surface area contributed by atoms with Crippen LogP contribution in [0.5, 0.6) is 12.0 Å². The highest BCUT2D eigenvalue weighted by Crippen LogP contribution is 2.34. The van der Waals surface area contributed by atoms with E-state index in [1.807, 2.05) is 0 Å². The van der Waals surface area contributed by atoms with Gasteiger partial charge in [0.1, 0.15) is 22.5 Å². The number of hydrogen-bond acceptors (Lipinski definition) is 12. The summed E-state index contributed by atoms with van der Waals surface area (Å²) in [5, 5.41) is 6.57. The maximum Gasteiger partial charge on any atom is 0.322 e. The summed E-state index contributed by atoms with van der Waals surface area (Å²) < 4.78 is 106. The SMILES string of the molecule is COc1nc(Cl)cc2nc(S(=O)(=O)Nc3c(Cl)ccc(C)c3Cl)nn12.COc1nc(F)cc2nc(S(=O)(=O)Nc3c(F)cccc3F)nn12. The van der Waals surface area contributed by atoms with Crippen LogP contribution in [0.3, 0.4) is 0 Å². The third-order valence-electron chi connectivity index (χ3n) is 6.05. The van der Waals surface area contributed by atoms with E-state index in [1.165, 1.54) is 26.4 Å². The van der Waals surface area contributed by atoms with Gasteiger partial charge in [-0.3, -0.25) is 9.44 Å². The van der Waals surface area contributed by atoms with Gasteiger partial charge in [-0.15, -0.1) is 10.2 Å². The Kier molecular flexibility index (Phi) is 9.93. The highest BCUT2D eigenvalue weighted by atomic mass is 35.5. The number of rotatable bonds is 8. The van der Waals surface area contributed by atoms with Gasteiger partial charge < -0.3 is 9.47 Å². The van der Waals surface area contributed by atoms with E-state index in [4.69, 9.17) is 44.3 Å². The minimum absolute atomic E-state index is 0.0110. The number of para-hydroxylation sites is 1. The molecule has 0 aliphatic rings. The Morgan fingerprint density at radius 1 is 0.714 bits per heavy atom. The highest BCUT2D eigenvalue weighted by Gasteiger charge is 2.26. The molecule has 16 nitrogen and oxygen atoms in total. The van der Waals surface area contributed by atoms with Crippen molar-refractivity contribution in [2.45, 2.75) is 17.2 Å². The minimum atomic E-state index is -4.54. The van der Waals surface area contributed by atoms with Crippen molar-refractivity contribution in [2.24, 2.45) is 0 Å². The van der Waals surface area contributed by atoms with Crippen molar-refractivity contribution in [3.05, 3.63) is 80.8 Å². The molecule has 0 bridgehead atoms. The molecule has 0 spiro atoms. The molecular formula is C25H18Cl3F3N10O6S2. The molecule has 6 rings (SSSR count). The number of halogens is 6. The molecular weight excluding hydrogens is 764 g/mol. The number of sulfonamides is 2. The maximum atomic E-state index is 13.6. The Morgan fingerprint density at radius 2 is 1.22 bits per heavy atom. The molecule has 0 saturated heterocycles. The zero-order chi connectivity index (χ0) is 35.8. The Labute approximate surface area is 288 Å². The predicted octanol–water partition coefficient (Wildman–Crippen LogP) is 4.55. The lowest BCUT2D eigenvalue weighted by atomic mass is 10.2. The van der Waals surface area contributed by atoms with Crippen LogP contribution >= 0.6 is 34.8 Å². The number of nitrogens with zero attached hydrogens (tertiary/aromatic N) is 8. The van der Waals surface area contributed by atoms with Crippen LogP contribution in [0.1, 0.15) is 5.56 Å². The van der Waals surface area contributed by atoms with Crippen LogP contribution < -0.4 is 18.9 Å². The van der Waals surface area contributed by atoms with Gasteiger partial charge >= 0.3 is 12.0 Å². The van der Waals surface area contributed by atoms with E-state index in [0.29, 0.717) is 5.56 Å². The van der Waals surface area contributed by atoms with E-state index in [2.05, 4.69) is 34.9 Å². The number of hydrogen-bond donors (Lipinski definition) is 2. The summed E-state index contributed by atoms with van der Waals surface area (Å²) in [6.07, 6.45) is 0. The van der Waals surface area contributed by atoms with Gasteiger partial charge in [-0.05, 0) is 30.7 Å². The normalized spacial score (nSPS) is 11.7. The van der Waals surface area contributed by atoms with E-state index in [0.717, 1.165) is 33.3 Å². The molecule has 6 aromatic rings. The monoisotopic (exact) mass is 780 g/mol. The second kappa shape index (κ2) is 13.7. The van der Waals surface area contributed by atoms with E-state index in [-0.39, 0.29) is 44.2 Å². The second-order valence-electron chi connectivity index (χ2n) is 9.32. The first-order valence-electron chi connectivity index (χ1n) is 12.9. The lowest BCUT2D eigenvalue weighted by Gasteiger charge is -2.10. The smallest absolute Gasteiger partial charge is 0.322 e. The lowest BCUT2D eigenvalue weighted by Crippen LogP contribution is -2.17. The Morgan fingerprint density at radius 3 is 1.78 bits per heavy atom. The quantitative estimate of drug-likeness (QED) is 0.205. The van der Waals surface area contributed by atoms with Gasteiger partial charge in [-0.25, -0.2) is 8.78 Å². The Balaban J connectivity index is 0.000000191. The average molecular weight is 782 g/mol. The van der Waals surface area contributed by atoms with Crippen molar-refractivity contribution < 1.29 is 39.5 Å². The van der Waals surface area contributed by atoms with Crippen LogP contribution in [0.15, 0.2) is 52.8 Å². The van der Waals surface area contributed by atoms with Gasteiger partial charge in [-0.1, -0.05) is 46.9 Å². The van der Waals surface area contributed by atoms with Gasteiger partial charge in [0.25, 0.3) is 30.4 Å². The molecule has 0 aliphatic heterocycles. The molecule has 0 fully saturated rings. The molecule has 4 aromatic heterocycles. The van der Waals surface area contributed by atoms with Gasteiger partial charge in [0.15, 0.2) is 11.3 Å². The molecule has 0 saturated carbocycles. The molecule has 0 radical (unpaired) electrons. The number of fused-ring (bicyclic) bond motifs is 2. The van der Waals surface area contributed by atoms with E-state index in [9.17, 15) is 30.0 Å². The summed E-state index contributed by atoms with van der Waals surface area (Å²) in [7, 11) is -6.18. The Bertz CT molecular complexity index is 2450. The summed E-state index contributed by atoms with van der Waals surface area (Å²) >= 11 is 18.0. The first-order valence-corrected chi connectivity index (χ1v) is 17.0. The fourth-order valence-electron chi connectivity index (χ4n) is 3.83. The molecule has 0 atom stereocenters. The van der Waals surface area contributed by atoms with Crippen LogP contribution in [0.25, 0.3) is 11.3 Å². The maximum absolute atomic E-state index is 13.6. The molecule has 2 N–H and O–H groups in total. The second-order valence-corrected chi connectivity index (χ2v) is 13.6. The molecule has 24 heteroatoms. The summed E-state index contributed by atoms with van der Waals surface area (Å²) in [5.41, 5.74) is -0.241. The van der Waals surface area contributed by atoms with E-state index in [1.54, 1.807) is 17.7 Å². The fourth-order valence-corrected chi connectivity index (χ4v) is 6.51.